The Bertz CT molecular complexity index is 2900. The lowest BCUT2D eigenvalue weighted by molar-refractivity contribution is 0.0997. The predicted octanol–water partition coefficient (Wildman–Crippen LogP) is 7.94. The number of imidazole rings is 1. The van der Waals surface area contributed by atoms with Gasteiger partial charge in [-0.1, -0.05) is 36.4 Å². The van der Waals surface area contributed by atoms with Crippen LogP contribution < -0.4 is 25.5 Å². The van der Waals surface area contributed by atoms with Gasteiger partial charge in [0.2, 0.25) is 0 Å². The summed E-state index contributed by atoms with van der Waals surface area (Å²) in [6.45, 7) is 4.11. The molecule has 0 saturated carbocycles. The average molecular weight is 802 g/mol. The number of aromatic nitrogens is 4. The summed E-state index contributed by atoms with van der Waals surface area (Å²) in [5.41, 5.74) is 7.22. The van der Waals surface area contributed by atoms with Gasteiger partial charge < -0.3 is 29.1 Å². The molecule has 3 heterocycles. The number of anilines is 2. The summed E-state index contributed by atoms with van der Waals surface area (Å²) in [6, 6.07) is 31.9. The number of carbonyl (C=O) groups excluding carboxylic acids is 2. The van der Waals surface area contributed by atoms with Crippen LogP contribution >= 0.6 is 0 Å². The number of carbonyl (C=O) groups is 2. The minimum absolute atomic E-state index is 0.112. The number of benzene rings is 5. The predicted molar refractivity (Wildman–Crippen MR) is 231 cm³/mol. The zero-order chi connectivity index (χ0) is 41.8. The first-order valence-corrected chi connectivity index (χ1v) is 19.4. The first-order chi connectivity index (χ1) is 29.1. The Hall–Kier alpha value is -7.51. The molecular formula is C47H43N7O6. The van der Waals surface area contributed by atoms with Crippen LogP contribution in [0.4, 0.5) is 11.4 Å². The molecule has 0 bridgehead atoms. The lowest BCUT2D eigenvalue weighted by Crippen LogP contribution is -2.25. The van der Waals surface area contributed by atoms with E-state index in [2.05, 4.69) is 68.1 Å². The van der Waals surface area contributed by atoms with Crippen LogP contribution in [0.15, 0.2) is 137 Å². The van der Waals surface area contributed by atoms with Gasteiger partial charge in [0.15, 0.2) is 22.7 Å². The van der Waals surface area contributed by atoms with Crippen LogP contribution in [0.2, 0.25) is 0 Å². The molecule has 13 nitrogen and oxygen atoms in total. The quantitative estimate of drug-likeness (QED) is 0.112. The first kappa shape index (κ1) is 39.3. The maximum atomic E-state index is 13.9. The Morgan fingerprint density at radius 3 is 2.35 bits per heavy atom. The van der Waals surface area contributed by atoms with Crippen molar-refractivity contribution >= 4 is 45.1 Å². The van der Waals surface area contributed by atoms with Crippen molar-refractivity contribution in [2.24, 2.45) is 7.05 Å². The van der Waals surface area contributed by atoms with Crippen molar-refractivity contribution in [1.29, 1.82) is 0 Å². The lowest BCUT2D eigenvalue weighted by atomic mass is 10.1. The Morgan fingerprint density at radius 1 is 0.817 bits per heavy atom. The third kappa shape index (κ3) is 8.66. The smallest absolute Gasteiger partial charge is 0.291 e. The lowest BCUT2D eigenvalue weighted by Gasteiger charge is -2.23. The summed E-state index contributed by atoms with van der Waals surface area (Å²) in [7, 11) is 4.86. The van der Waals surface area contributed by atoms with Gasteiger partial charge in [-0.2, -0.15) is 5.10 Å². The van der Waals surface area contributed by atoms with E-state index in [0.717, 1.165) is 59.8 Å². The van der Waals surface area contributed by atoms with Crippen molar-refractivity contribution in [1.82, 2.24) is 24.2 Å². The van der Waals surface area contributed by atoms with Gasteiger partial charge in [0, 0.05) is 68.0 Å². The van der Waals surface area contributed by atoms with Gasteiger partial charge in [-0.3, -0.25) is 24.0 Å². The second-order valence-electron chi connectivity index (χ2n) is 14.6. The van der Waals surface area contributed by atoms with Gasteiger partial charge in [-0.25, -0.2) is 4.98 Å². The molecule has 0 spiro atoms. The fourth-order valence-electron chi connectivity index (χ4n) is 7.24. The molecule has 5 aromatic carbocycles. The van der Waals surface area contributed by atoms with E-state index in [1.54, 1.807) is 30.7 Å². The number of aryl methyl sites for hydroxylation is 2. The molecule has 0 aliphatic heterocycles. The molecule has 0 unspecified atom stereocenters. The summed E-state index contributed by atoms with van der Waals surface area (Å²) in [4.78, 5) is 46.8. The van der Waals surface area contributed by atoms with Crippen LogP contribution in [-0.4, -0.2) is 56.8 Å². The van der Waals surface area contributed by atoms with Crippen LogP contribution in [-0.2, 0) is 26.6 Å². The molecule has 13 heteroatoms. The van der Waals surface area contributed by atoms with E-state index in [9.17, 15) is 14.4 Å². The molecule has 2 amide bonds. The second-order valence-corrected chi connectivity index (χ2v) is 14.6. The van der Waals surface area contributed by atoms with E-state index >= 15 is 0 Å². The molecule has 60 heavy (non-hydrogen) atoms. The standard InChI is InChI=1S/C47H43N7O6/c1-30-8-14-37-41(55)25-45(60-42(37)20-30)47(57)51-39-24-44(59-4)43(58-3)23-38(39)46(56)50-35-12-9-31(10-13-35)16-18-53(28-33-11-15-40-34(21-33)26-49-52(40)2)27-32-6-5-7-36(22-32)54-19-17-48-29-54/h5-15,17,19-26,29H,16,18,27-28H2,1-4H3,(H,50,56)(H,51,57). The molecule has 8 aromatic rings. The number of nitrogens with one attached hydrogen (secondary N) is 2. The second kappa shape index (κ2) is 17.1. The van der Waals surface area contributed by atoms with Crippen molar-refractivity contribution in [3.63, 3.8) is 0 Å². The largest absolute Gasteiger partial charge is 0.493 e. The van der Waals surface area contributed by atoms with E-state index < -0.39 is 11.8 Å². The maximum Gasteiger partial charge on any atom is 0.291 e. The number of fused-ring (bicyclic) bond motifs is 2. The highest BCUT2D eigenvalue weighted by Gasteiger charge is 2.21. The molecule has 0 aliphatic carbocycles. The zero-order valence-corrected chi connectivity index (χ0v) is 33.6. The van der Waals surface area contributed by atoms with Crippen molar-refractivity contribution in [3.05, 3.63) is 172 Å². The van der Waals surface area contributed by atoms with Gasteiger partial charge in [0.1, 0.15) is 5.58 Å². The van der Waals surface area contributed by atoms with Crippen LogP contribution in [0.3, 0.4) is 0 Å². The average Bonchev–Trinajstić information content (AvgIpc) is 3.93. The molecular weight excluding hydrogens is 759 g/mol. The van der Waals surface area contributed by atoms with E-state index in [1.807, 2.05) is 59.9 Å². The van der Waals surface area contributed by atoms with Crippen LogP contribution in [0, 0.1) is 6.92 Å². The van der Waals surface area contributed by atoms with Crippen molar-refractivity contribution < 1.29 is 23.5 Å². The highest BCUT2D eigenvalue weighted by Crippen LogP contribution is 2.34. The SMILES string of the molecule is COc1cc(NC(=O)c2cc(=O)c3ccc(C)cc3o2)c(C(=O)Nc2ccc(CCN(Cc3cccc(-n4ccnc4)c3)Cc3ccc4c(cnn4C)c3)cc2)cc1OC. The molecule has 0 saturated heterocycles. The monoisotopic (exact) mass is 801 g/mol. The molecule has 8 rings (SSSR count). The normalized spacial score (nSPS) is 11.3. The minimum atomic E-state index is -0.710. The van der Waals surface area contributed by atoms with Gasteiger partial charge in [0.25, 0.3) is 11.8 Å². The number of nitrogens with zero attached hydrogens (tertiary/aromatic N) is 5. The fourth-order valence-corrected chi connectivity index (χ4v) is 7.24. The Kier molecular flexibility index (Phi) is 11.2. The number of hydrogen-bond donors (Lipinski definition) is 2. The number of amides is 2. The number of rotatable bonds is 14. The van der Waals surface area contributed by atoms with Crippen LogP contribution in [0.25, 0.3) is 27.6 Å². The highest BCUT2D eigenvalue weighted by molar-refractivity contribution is 6.12. The number of ether oxygens (including phenoxy) is 2. The van der Waals surface area contributed by atoms with E-state index in [4.69, 9.17) is 13.9 Å². The molecule has 302 valence electrons. The Balaban J connectivity index is 0.984. The fraction of sp³-hybridized carbons (Fsp3) is 0.170. The van der Waals surface area contributed by atoms with Crippen molar-refractivity contribution in [2.75, 3.05) is 31.4 Å². The van der Waals surface area contributed by atoms with Crippen LogP contribution in [0.5, 0.6) is 11.5 Å². The molecule has 2 N–H and O–H groups in total. The van der Waals surface area contributed by atoms with E-state index in [-0.39, 0.29) is 28.0 Å². The zero-order valence-electron chi connectivity index (χ0n) is 33.6. The van der Waals surface area contributed by atoms with Crippen molar-refractivity contribution in [2.45, 2.75) is 26.4 Å². The summed E-state index contributed by atoms with van der Waals surface area (Å²) in [5, 5.41) is 11.6. The van der Waals surface area contributed by atoms with Crippen molar-refractivity contribution in [3.8, 4) is 17.2 Å². The molecule has 0 radical (unpaired) electrons. The maximum absolute atomic E-state index is 13.9. The topological polar surface area (TPSA) is 146 Å². The molecule has 0 fully saturated rings. The number of methoxy groups -OCH3 is 2. The highest BCUT2D eigenvalue weighted by atomic mass is 16.5. The van der Waals surface area contributed by atoms with Gasteiger partial charge >= 0.3 is 0 Å². The number of hydrogen-bond acceptors (Lipinski definition) is 9. The third-order valence-corrected chi connectivity index (χ3v) is 10.4. The molecule has 0 aliphatic rings. The van der Waals surface area contributed by atoms with Crippen LogP contribution in [0.1, 0.15) is 43.2 Å². The van der Waals surface area contributed by atoms with E-state index in [0.29, 0.717) is 22.6 Å². The summed E-state index contributed by atoms with van der Waals surface area (Å²) < 4.78 is 20.7. The third-order valence-electron chi connectivity index (χ3n) is 10.4. The van der Waals surface area contributed by atoms with Gasteiger partial charge in [0.05, 0.1) is 48.9 Å². The Morgan fingerprint density at radius 2 is 1.58 bits per heavy atom. The Labute approximate surface area is 345 Å². The summed E-state index contributed by atoms with van der Waals surface area (Å²) in [5.74, 6) is -0.821. The molecule has 0 atom stereocenters. The summed E-state index contributed by atoms with van der Waals surface area (Å²) in [6.07, 6.45) is 8.17. The van der Waals surface area contributed by atoms with Gasteiger partial charge in [-0.05, 0) is 90.2 Å². The van der Waals surface area contributed by atoms with Gasteiger partial charge in [-0.15, -0.1) is 0 Å². The molecule has 3 aromatic heterocycles. The minimum Gasteiger partial charge on any atom is -0.493 e. The first-order valence-electron chi connectivity index (χ1n) is 19.4. The summed E-state index contributed by atoms with van der Waals surface area (Å²) >= 11 is 0. The van der Waals surface area contributed by atoms with E-state index in [1.165, 1.54) is 37.5 Å².